The largest absolute Gasteiger partial charge is 0.385 e. The first-order valence-corrected chi connectivity index (χ1v) is 8.42. The number of anilines is 1. The zero-order chi connectivity index (χ0) is 15.0. The molecule has 20 heavy (non-hydrogen) atoms. The van der Waals surface area contributed by atoms with Gasteiger partial charge in [-0.1, -0.05) is 6.92 Å². The molecule has 1 aromatic carbocycles. The molecule has 0 heterocycles. The van der Waals surface area contributed by atoms with Gasteiger partial charge < -0.3 is 10.1 Å². The van der Waals surface area contributed by atoms with Gasteiger partial charge in [0.15, 0.2) is 0 Å². The van der Waals surface area contributed by atoms with Gasteiger partial charge in [-0.25, -0.2) is 13.1 Å². The Labute approximate surface area is 121 Å². The van der Waals surface area contributed by atoms with Crippen LogP contribution in [0.4, 0.5) is 5.69 Å². The third-order valence-corrected chi connectivity index (χ3v) is 4.28. The highest BCUT2D eigenvalue weighted by Gasteiger charge is 2.17. The van der Waals surface area contributed by atoms with Crippen molar-refractivity contribution < 1.29 is 13.2 Å². The number of nitrogens with one attached hydrogen (secondary N) is 2. The second-order valence-corrected chi connectivity index (χ2v) is 6.35. The van der Waals surface area contributed by atoms with Crippen molar-refractivity contribution in [2.45, 2.75) is 38.1 Å². The number of hydrogen-bond donors (Lipinski definition) is 2. The highest BCUT2D eigenvalue weighted by atomic mass is 32.2. The summed E-state index contributed by atoms with van der Waals surface area (Å²) in [4.78, 5) is 0.267. The molecule has 0 aromatic heterocycles. The summed E-state index contributed by atoms with van der Waals surface area (Å²) >= 11 is 0. The molecule has 0 fully saturated rings. The molecule has 0 aliphatic carbocycles. The van der Waals surface area contributed by atoms with Crippen LogP contribution in [0.3, 0.4) is 0 Å². The van der Waals surface area contributed by atoms with Crippen LogP contribution < -0.4 is 10.0 Å². The van der Waals surface area contributed by atoms with E-state index >= 15 is 0 Å². The number of hydrogen-bond acceptors (Lipinski definition) is 4. The molecule has 1 aromatic rings. The second-order valence-electron chi connectivity index (χ2n) is 4.63. The van der Waals surface area contributed by atoms with Crippen molar-refractivity contribution in [3.63, 3.8) is 0 Å². The zero-order valence-corrected chi connectivity index (χ0v) is 13.2. The van der Waals surface area contributed by atoms with E-state index in [9.17, 15) is 8.42 Å². The zero-order valence-electron chi connectivity index (χ0n) is 12.3. The van der Waals surface area contributed by atoms with E-state index in [1.807, 2.05) is 6.92 Å². The van der Waals surface area contributed by atoms with Gasteiger partial charge in [-0.05, 0) is 44.5 Å². The molecule has 0 radical (unpaired) electrons. The van der Waals surface area contributed by atoms with E-state index in [-0.39, 0.29) is 10.9 Å². The van der Waals surface area contributed by atoms with Crippen molar-refractivity contribution in [3.8, 4) is 0 Å². The van der Waals surface area contributed by atoms with Gasteiger partial charge in [0.2, 0.25) is 10.0 Å². The van der Waals surface area contributed by atoms with Crippen molar-refractivity contribution in [1.82, 2.24) is 4.72 Å². The van der Waals surface area contributed by atoms with Crippen LogP contribution in [0, 0.1) is 0 Å². The second kappa shape index (κ2) is 8.24. The van der Waals surface area contributed by atoms with Gasteiger partial charge in [-0.2, -0.15) is 0 Å². The van der Waals surface area contributed by atoms with Gasteiger partial charge in [-0.15, -0.1) is 0 Å². The van der Waals surface area contributed by atoms with Gasteiger partial charge >= 0.3 is 0 Å². The van der Waals surface area contributed by atoms with Crippen LogP contribution in [0.2, 0.25) is 0 Å². The predicted octanol–water partition coefficient (Wildman–Crippen LogP) is 2.21. The molecule has 0 saturated heterocycles. The van der Waals surface area contributed by atoms with E-state index in [2.05, 4.69) is 17.0 Å². The van der Waals surface area contributed by atoms with Crippen LogP contribution in [-0.2, 0) is 14.8 Å². The van der Waals surface area contributed by atoms with Gasteiger partial charge in [0.05, 0.1) is 11.5 Å². The minimum absolute atomic E-state index is 0.252. The third-order valence-electron chi connectivity index (χ3n) is 2.67. The molecule has 0 bridgehead atoms. The fourth-order valence-electron chi connectivity index (χ4n) is 1.68. The van der Waals surface area contributed by atoms with Crippen LogP contribution in [0.1, 0.15) is 27.2 Å². The van der Waals surface area contributed by atoms with E-state index in [1.54, 1.807) is 31.2 Å². The molecule has 6 heteroatoms. The van der Waals surface area contributed by atoms with Crippen molar-refractivity contribution in [3.05, 3.63) is 24.3 Å². The smallest absolute Gasteiger partial charge is 0.240 e. The maximum Gasteiger partial charge on any atom is 0.240 e. The maximum atomic E-state index is 12.1. The van der Waals surface area contributed by atoms with E-state index in [0.29, 0.717) is 13.2 Å². The van der Waals surface area contributed by atoms with Crippen LogP contribution >= 0.6 is 0 Å². The molecule has 2 N–H and O–H groups in total. The van der Waals surface area contributed by atoms with Crippen LogP contribution in [0.15, 0.2) is 29.2 Å². The Balaban J connectivity index is 2.67. The summed E-state index contributed by atoms with van der Waals surface area (Å²) in [6, 6.07) is 6.51. The number of rotatable bonds is 9. The summed E-state index contributed by atoms with van der Waals surface area (Å²) in [6.45, 7) is 7.55. The standard InChI is InChI=1S/C14H24N2O3S/c1-4-10-15-13-6-8-14(9-7-13)20(17,18)16-12(3)11-19-5-2/h6-9,12,15-16H,4-5,10-11H2,1-3H3. The molecular formula is C14H24N2O3S. The number of sulfonamides is 1. The molecule has 5 nitrogen and oxygen atoms in total. The molecule has 0 aliphatic heterocycles. The Hall–Kier alpha value is -1.11. The monoisotopic (exact) mass is 300 g/mol. The molecule has 0 saturated carbocycles. The SMILES string of the molecule is CCCNc1ccc(S(=O)(=O)NC(C)COCC)cc1. The summed E-state index contributed by atoms with van der Waals surface area (Å²) < 4.78 is 32.1. The summed E-state index contributed by atoms with van der Waals surface area (Å²) in [6.07, 6.45) is 1.02. The Kier molecular flexibility index (Phi) is 6.98. The average molecular weight is 300 g/mol. The highest BCUT2D eigenvalue weighted by molar-refractivity contribution is 7.89. The molecule has 1 rings (SSSR count). The molecule has 0 spiro atoms. The minimum atomic E-state index is -3.48. The first kappa shape index (κ1) is 16.9. The topological polar surface area (TPSA) is 67.4 Å². The molecule has 114 valence electrons. The predicted molar refractivity (Wildman–Crippen MR) is 81.5 cm³/mol. The quantitative estimate of drug-likeness (QED) is 0.734. The van der Waals surface area contributed by atoms with Crippen LogP contribution in [0.25, 0.3) is 0 Å². The normalized spacial score (nSPS) is 13.2. The first-order valence-electron chi connectivity index (χ1n) is 6.93. The molecule has 0 amide bonds. The number of ether oxygens (including phenoxy) is 1. The van der Waals surface area contributed by atoms with Gasteiger partial charge in [-0.3, -0.25) is 0 Å². The minimum Gasteiger partial charge on any atom is -0.385 e. The summed E-state index contributed by atoms with van der Waals surface area (Å²) in [5.41, 5.74) is 0.924. The van der Waals surface area contributed by atoms with Crippen molar-refractivity contribution in [2.24, 2.45) is 0 Å². The molecule has 1 atom stereocenters. The molecule has 1 unspecified atom stereocenters. The summed E-state index contributed by atoms with van der Waals surface area (Å²) in [5, 5.41) is 3.21. The Morgan fingerprint density at radius 3 is 2.40 bits per heavy atom. The lowest BCUT2D eigenvalue weighted by Gasteiger charge is -2.14. The lowest BCUT2D eigenvalue weighted by atomic mass is 10.3. The fourth-order valence-corrected chi connectivity index (χ4v) is 2.91. The Bertz CT molecular complexity index is 486. The van der Waals surface area contributed by atoms with Gasteiger partial charge in [0, 0.05) is 24.9 Å². The fraction of sp³-hybridized carbons (Fsp3) is 0.571. The van der Waals surface area contributed by atoms with Crippen molar-refractivity contribution >= 4 is 15.7 Å². The summed E-state index contributed by atoms with van der Waals surface area (Å²) in [5.74, 6) is 0. The van der Waals surface area contributed by atoms with Crippen molar-refractivity contribution in [2.75, 3.05) is 25.1 Å². The first-order chi connectivity index (χ1) is 9.49. The van der Waals surface area contributed by atoms with Crippen LogP contribution in [-0.4, -0.2) is 34.2 Å². The maximum absolute atomic E-state index is 12.1. The Morgan fingerprint density at radius 1 is 1.20 bits per heavy atom. The summed E-state index contributed by atoms with van der Waals surface area (Å²) in [7, 11) is -3.48. The van der Waals surface area contributed by atoms with E-state index in [0.717, 1.165) is 18.7 Å². The molecular weight excluding hydrogens is 276 g/mol. The van der Waals surface area contributed by atoms with Gasteiger partial charge in [0.25, 0.3) is 0 Å². The van der Waals surface area contributed by atoms with E-state index < -0.39 is 10.0 Å². The Morgan fingerprint density at radius 2 is 1.85 bits per heavy atom. The number of benzene rings is 1. The van der Waals surface area contributed by atoms with Gasteiger partial charge in [0.1, 0.15) is 0 Å². The third kappa shape index (κ3) is 5.48. The van der Waals surface area contributed by atoms with E-state index in [4.69, 9.17) is 4.74 Å². The molecule has 0 aliphatic rings. The lowest BCUT2D eigenvalue weighted by Crippen LogP contribution is -2.35. The van der Waals surface area contributed by atoms with E-state index in [1.165, 1.54) is 0 Å². The lowest BCUT2D eigenvalue weighted by molar-refractivity contribution is 0.133. The van der Waals surface area contributed by atoms with Crippen LogP contribution in [0.5, 0.6) is 0 Å². The highest BCUT2D eigenvalue weighted by Crippen LogP contribution is 2.14. The average Bonchev–Trinajstić information content (AvgIpc) is 2.43. The van der Waals surface area contributed by atoms with Crippen molar-refractivity contribution in [1.29, 1.82) is 0 Å².